The lowest BCUT2D eigenvalue weighted by Crippen LogP contribution is -2.39. The van der Waals surface area contributed by atoms with E-state index in [2.05, 4.69) is 51.3 Å². The summed E-state index contributed by atoms with van der Waals surface area (Å²) in [5, 5.41) is 0. The monoisotopic (exact) mass is 1350 g/mol. The molecular formula is C70H132N2O14S4. The van der Waals surface area contributed by atoms with Crippen molar-refractivity contribution in [3.05, 3.63) is 0 Å². The molecule has 0 saturated carbocycles. The van der Waals surface area contributed by atoms with Crippen LogP contribution in [0.5, 0.6) is 0 Å². The number of likely N-dealkylation sites (N-methyl/N-ethyl adjacent to an activating group) is 1. The third-order valence-electron chi connectivity index (χ3n) is 15.6. The SMILES string of the molecule is CCCCCCCCSCCOC(=O)CCCC(CCCC(=O)OCCSCCCCCCCC)OC(=O)OCCN(CCOC(=O)OC(CCCC(=O)OCCSCCCCCCCC)CCCC(=O)OCCSCCCCCCCC)CCN(CC)CC. The van der Waals surface area contributed by atoms with Gasteiger partial charge in [0.15, 0.2) is 0 Å². The Morgan fingerprint density at radius 3 is 0.800 bits per heavy atom. The zero-order valence-electron chi connectivity index (χ0n) is 58.0. The van der Waals surface area contributed by atoms with Gasteiger partial charge in [-0.05, 0) is 113 Å². The highest BCUT2D eigenvalue weighted by molar-refractivity contribution is 7.99. The predicted molar refractivity (Wildman–Crippen MR) is 379 cm³/mol. The molecule has 0 aliphatic rings. The molecule has 90 heavy (non-hydrogen) atoms. The molecule has 0 N–H and O–H groups in total. The van der Waals surface area contributed by atoms with Gasteiger partial charge in [0.25, 0.3) is 0 Å². The molecule has 0 amide bonds. The smallest absolute Gasteiger partial charge is 0.465 e. The number of carbonyl (C=O) groups excluding carboxylic acids is 6. The molecule has 0 aliphatic carbocycles. The lowest BCUT2D eigenvalue weighted by molar-refractivity contribution is -0.144. The lowest BCUT2D eigenvalue weighted by Gasteiger charge is -2.26. The number of carbonyl (C=O) groups is 6. The minimum Gasteiger partial charge on any atom is -0.465 e. The standard InChI is InChI=1S/C70H132N2O14S4/c1-7-13-17-21-25-29-55-87-59-51-79-65(73)41-33-37-63(38-34-42-66(74)80-52-60-88-56-30-26-22-18-14-8-2)85-69(77)83-49-47-72(46-45-71(11-5)12-6)48-50-84-70(78)86-64(39-35-43-67(75)81-53-61-89-57-31-27-23-19-15-9-3)40-36-44-68(76)82-54-62-90-58-32-28-24-20-16-10-4/h63-64H,7-62H2,1-6H3. The normalized spacial score (nSPS) is 11.4. The largest absolute Gasteiger partial charge is 0.508 e. The van der Waals surface area contributed by atoms with Crippen LogP contribution < -0.4 is 0 Å². The van der Waals surface area contributed by atoms with Crippen LogP contribution >= 0.6 is 47.0 Å². The van der Waals surface area contributed by atoms with Gasteiger partial charge < -0.3 is 42.8 Å². The van der Waals surface area contributed by atoms with Gasteiger partial charge in [-0.25, -0.2) is 9.59 Å². The van der Waals surface area contributed by atoms with Crippen molar-refractivity contribution < 1.29 is 66.7 Å². The van der Waals surface area contributed by atoms with E-state index in [4.69, 9.17) is 37.9 Å². The van der Waals surface area contributed by atoms with Gasteiger partial charge in [0, 0.05) is 74.9 Å². The zero-order valence-corrected chi connectivity index (χ0v) is 61.3. The van der Waals surface area contributed by atoms with E-state index in [0.29, 0.717) is 97.4 Å². The van der Waals surface area contributed by atoms with Crippen LogP contribution in [0.2, 0.25) is 0 Å². The van der Waals surface area contributed by atoms with Gasteiger partial charge in [-0.2, -0.15) is 47.0 Å². The molecule has 0 aliphatic heterocycles. The fraction of sp³-hybridized carbons (Fsp3) is 0.914. The maximum atomic E-state index is 13.3. The van der Waals surface area contributed by atoms with Crippen LogP contribution in [0, 0.1) is 0 Å². The average Bonchev–Trinajstić information content (AvgIpc) is 3.55. The Hall–Kier alpha value is -2.26. The quantitative estimate of drug-likeness (QED) is 0.0318. The lowest BCUT2D eigenvalue weighted by atomic mass is 10.1. The third-order valence-corrected chi connectivity index (χ3v) is 19.7. The topological polar surface area (TPSA) is 183 Å². The van der Waals surface area contributed by atoms with Gasteiger partial charge in [-0.1, -0.05) is 170 Å². The van der Waals surface area contributed by atoms with Gasteiger partial charge in [-0.3, -0.25) is 24.1 Å². The summed E-state index contributed by atoms with van der Waals surface area (Å²) in [4.78, 5) is 81.7. The number of ether oxygens (including phenoxy) is 8. The summed E-state index contributed by atoms with van der Waals surface area (Å²) in [5.41, 5.74) is 0. The van der Waals surface area contributed by atoms with E-state index < -0.39 is 24.5 Å². The molecular weight excluding hydrogens is 1220 g/mol. The fourth-order valence-electron chi connectivity index (χ4n) is 9.93. The van der Waals surface area contributed by atoms with E-state index in [9.17, 15) is 28.8 Å². The van der Waals surface area contributed by atoms with E-state index in [1.165, 1.54) is 154 Å². The maximum absolute atomic E-state index is 13.3. The first-order chi connectivity index (χ1) is 44.0. The summed E-state index contributed by atoms with van der Waals surface area (Å²) in [6.45, 7) is 18.4. The number of hydrogen-bond acceptors (Lipinski definition) is 20. The van der Waals surface area contributed by atoms with Crippen LogP contribution in [0.3, 0.4) is 0 Å². The number of esters is 4. The molecule has 0 spiro atoms. The summed E-state index contributed by atoms with van der Waals surface area (Å²) in [6.07, 6.45) is 31.4. The first kappa shape index (κ1) is 87.7. The molecule has 16 nitrogen and oxygen atoms in total. The van der Waals surface area contributed by atoms with Crippen molar-refractivity contribution in [2.45, 2.75) is 285 Å². The molecule has 0 rings (SSSR count). The van der Waals surface area contributed by atoms with Crippen molar-refractivity contribution in [3.8, 4) is 0 Å². The molecule has 0 heterocycles. The molecule has 0 aromatic heterocycles. The summed E-state index contributed by atoms with van der Waals surface area (Å²) in [6, 6.07) is 0. The Morgan fingerprint density at radius 1 is 0.278 bits per heavy atom. The molecule has 0 fully saturated rings. The van der Waals surface area contributed by atoms with E-state index >= 15 is 0 Å². The van der Waals surface area contributed by atoms with Crippen molar-refractivity contribution in [2.75, 3.05) is 125 Å². The van der Waals surface area contributed by atoms with Crippen LogP contribution in [0.25, 0.3) is 0 Å². The number of unbranched alkanes of at least 4 members (excludes halogenated alkanes) is 20. The maximum Gasteiger partial charge on any atom is 0.508 e. The van der Waals surface area contributed by atoms with Gasteiger partial charge in [0.2, 0.25) is 0 Å². The third kappa shape index (κ3) is 63.2. The Balaban J connectivity index is 5.47. The van der Waals surface area contributed by atoms with E-state index in [1.54, 1.807) is 0 Å². The number of hydrogen-bond donors (Lipinski definition) is 0. The molecule has 0 bridgehead atoms. The summed E-state index contributed by atoms with van der Waals surface area (Å²) in [7, 11) is 0. The summed E-state index contributed by atoms with van der Waals surface area (Å²) < 4.78 is 45.1. The molecule has 0 aromatic rings. The van der Waals surface area contributed by atoms with E-state index in [-0.39, 0.29) is 62.8 Å². The predicted octanol–water partition coefficient (Wildman–Crippen LogP) is 17.9. The summed E-state index contributed by atoms with van der Waals surface area (Å²) >= 11 is 7.25. The average molecular weight is 1350 g/mol. The van der Waals surface area contributed by atoms with Crippen LogP contribution in [0.1, 0.15) is 273 Å². The summed E-state index contributed by atoms with van der Waals surface area (Å²) in [5.74, 6) is 6.20. The second-order valence-corrected chi connectivity index (χ2v) is 28.4. The second kappa shape index (κ2) is 69.6. The van der Waals surface area contributed by atoms with Gasteiger partial charge >= 0.3 is 36.2 Å². The first-order valence-corrected chi connectivity index (χ1v) is 40.7. The van der Waals surface area contributed by atoms with Crippen molar-refractivity contribution in [1.29, 1.82) is 0 Å². The highest BCUT2D eigenvalue weighted by Gasteiger charge is 2.21. The van der Waals surface area contributed by atoms with E-state index in [0.717, 1.165) is 65.7 Å². The van der Waals surface area contributed by atoms with Crippen LogP contribution in [0.15, 0.2) is 0 Å². The van der Waals surface area contributed by atoms with Crippen LogP contribution in [0.4, 0.5) is 9.59 Å². The van der Waals surface area contributed by atoms with Gasteiger partial charge in [0.05, 0.1) is 0 Å². The first-order valence-electron chi connectivity index (χ1n) is 36.1. The van der Waals surface area contributed by atoms with Gasteiger partial charge in [-0.15, -0.1) is 0 Å². The molecule has 0 radical (unpaired) electrons. The van der Waals surface area contributed by atoms with Crippen molar-refractivity contribution in [3.63, 3.8) is 0 Å². The fourth-order valence-corrected chi connectivity index (χ4v) is 13.2. The Morgan fingerprint density at radius 2 is 0.533 bits per heavy atom. The number of thioether (sulfide) groups is 4. The number of rotatable bonds is 69. The highest BCUT2D eigenvalue weighted by Crippen LogP contribution is 2.19. The Bertz CT molecular complexity index is 1460. The van der Waals surface area contributed by atoms with Crippen molar-refractivity contribution >= 4 is 83.2 Å². The second-order valence-electron chi connectivity index (χ2n) is 23.5. The molecule has 0 atom stereocenters. The minimum absolute atomic E-state index is 0.0175. The molecule has 20 heteroatoms. The van der Waals surface area contributed by atoms with Crippen LogP contribution in [-0.2, 0) is 57.1 Å². The molecule has 0 unspecified atom stereocenters. The van der Waals surface area contributed by atoms with E-state index in [1.807, 2.05) is 47.0 Å². The Kier molecular flexibility index (Phi) is 67.8. The highest BCUT2D eigenvalue weighted by atomic mass is 32.2. The van der Waals surface area contributed by atoms with Crippen molar-refractivity contribution in [2.24, 2.45) is 0 Å². The number of nitrogens with zero attached hydrogens (tertiary/aromatic N) is 2. The Labute approximate surface area is 566 Å². The van der Waals surface area contributed by atoms with Gasteiger partial charge in [0.1, 0.15) is 51.8 Å². The van der Waals surface area contributed by atoms with Crippen LogP contribution in [-0.4, -0.2) is 183 Å². The minimum atomic E-state index is -0.832. The zero-order chi connectivity index (χ0) is 65.9. The molecule has 0 aromatic carbocycles. The molecule has 0 saturated heterocycles. The van der Waals surface area contributed by atoms with Crippen molar-refractivity contribution in [1.82, 2.24) is 9.80 Å². The molecule has 530 valence electrons.